The van der Waals surface area contributed by atoms with Crippen molar-refractivity contribution >= 4 is 11.6 Å². The fourth-order valence-electron chi connectivity index (χ4n) is 2.74. The summed E-state index contributed by atoms with van der Waals surface area (Å²) < 4.78 is 5.40. The van der Waals surface area contributed by atoms with Crippen LogP contribution >= 0.6 is 0 Å². The number of rotatable bonds is 4. The average molecular weight is 328 g/mol. The lowest BCUT2D eigenvalue weighted by atomic mass is 10.1. The minimum Gasteiger partial charge on any atom is -0.378 e. The zero-order valence-electron chi connectivity index (χ0n) is 13.6. The fourth-order valence-corrected chi connectivity index (χ4v) is 2.74. The monoisotopic (exact) mass is 328 g/mol. The Bertz CT molecular complexity index is 748. The number of nitrogens with one attached hydrogen (secondary N) is 1. The quantitative estimate of drug-likeness (QED) is 0.901. The Kier molecular flexibility index (Phi) is 4.90. The fraction of sp³-hybridized carbons (Fsp3) is 0.353. The molecule has 2 heterocycles. The number of nitrogens with zero attached hydrogens (tertiary/aromatic N) is 3. The zero-order valence-corrected chi connectivity index (χ0v) is 13.6. The molecule has 0 bridgehead atoms. The van der Waals surface area contributed by atoms with Crippen molar-refractivity contribution in [3.8, 4) is 0 Å². The first-order valence-corrected chi connectivity index (χ1v) is 7.87. The van der Waals surface area contributed by atoms with Crippen molar-refractivity contribution in [2.75, 3.05) is 38.3 Å². The molecule has 0 unspecified atom stereocenters. The molecule has 1 aromatic heterocycles. The second-order valence-electron chi connectivity index (χ2n) is 5.70. The third kappa shape index (κ3) is 3.62. The van der Waals surface area contributed by atoms with Gasteiger partial charge in [0, 0.05) is 38.4 Å². The zero-order chi connectivity index (χ0) is 16.9. The highest BCUT2D eigenvalue weighted by molar-refractivity contribution is 5.91. The average Bonchev–Trinajstić information content (AvgIpc) is 2.63. The van der Waals surface area contributed by atoms with Gasteiger partial charge in [0.25, 0.3) is 11.5 Å². The van der Waals surface area contributed by atoms with Gasteiger partial charge in [0.2, 0.25) is 0 Å². The van der Waals surface area contributed by atoms with Gasteiger partial charge in [-0.2, -0.15) is 5.10 Å². The van der Waals surface area contributed by atoms with Gasteiger partial charge in [-0.05, 0) is 17.7 Å². The summed E-state index contributed by atoms with van der Waals surface area (Å²) in [6.45, 7) is 3.58. The van der Waals surface area contributed by atoms with E-state index < -0.39 is 0 Å². The van der Waals surface area contributed by atoms with Gasteiger partial charge in [0.05, 0.1) is 13.2 Å². The number of aromatic nitrogens is 2. The molecule has 1 N–H and O–H groups in total. The van der Waals surface area contributed by atoms with Crippen LogP contribution in [0.4, 0.5) is 5.69 Å². The molecule has 24 heavy (non-hydrogen) atoms. The number of amides is 1. The van der Waals surface area contributed by atoms with Gasteiger partial charge in [-0.3, -0.25) is 9.59 Å². The van der Waals surface area contributed by atoms with E-state index in [2.05, 4.69) is 21.2 Å². The van der Waals surface area contributed by atoms with E-state index >= 15 is 0 Å². The summed E-state index contributed by atoms with van der Waals surface area (Å²) in [4.78, 5) is 27.4. The van der Waals surface area contributed by atoms with Crippen molar-refractivity contribution in [1.29, 1.82) is 0 Å². The molecule has 0 aliphatic carbocycles. The minimum absolute atomic E-state index is 0.223. The second kappa shape index (κ2) is 7.27. The number of carbonyl (C=O) groups excluding carboxylic acids is 1. The van der Waals surface area contributed by atoms with Crippen LogP contribution in [0, 0.1) is 0 Å². The number of ether oxygens (including phenoxy) is 1. The number of hydrogen-bond donors (Lipinski definition) is 1. The second-order valence-corrected chi connectivity index (χ2v) is 5.70. The van der Waals surface area contributed by atoms with Crippen LogP contribution in [0.5, 0.6) is 0 Å². The van der Waals surface area contributed by atoms with Crippen molar-refractivity contribution in [3.05, 3.63) is 58.0 Å². The van der Waals surface area contributed by atoms with Crippen molar-refractivity contribution in [3.63, 3.8) is 0 Å². The number of H-pyrrole nitrogens is 1. The molecule has 7 nitrogen and oxygen atoms in total. The van der Waals surface area contributed by atoms with Gasteiger partial charge in [-0.15, -0.1) is 0 Å². The molecule has 1 aliphatic heterocycles. The lowest BCUT2D eigenvalue weighted by molar-refractivity contribution is 0.0777. The molecule has 3 rings (SSSR count). The van der Waals surface area contributed by atoms with Gasteiger partial charge in [0.1, 0.15) is 5.69 Å². The van der Waals surface area contributed by atoms with Crippen molar-refractivity contribution in [2.45, 2.75) is 6.54 Å². The number of morpholine rings is 1. The molecular weight excluding hydrogens is 308 g/mol. The SMILES string of the molecule is CN(Cc1ccccc1N1CCOCC1)C(=O)c1ccc(=O)[nH]n1. The highest BCUT2D eigenvalue weighted by Crippen LogP contribution is 2.23. The lowest BCUT2D eigenvalue weighted by Gasteiger charge is -2.31. The van der Waals surface area contributed by atoms with E-state index in [1.54, 1.807) is 11.9 Å². The van der Waals surface area contributed by atoms with E-state index in [1.807, 2.05) is 18.2 Å². The lowest BCUT2D eigenvalue weighted by Crippen LogP contribution is -2.37. The molecule has 1 saturated heterocycles. The van der Waals surface area contributed by atoms with Crippen LogP contribution in [0.1, 0.15) is 16.1 Å². The van der Waals surface area contributed by atoms with Gasteiger partial charge in [-0.1, -0.05) is 18.2 Å². The molecular formula is C17H20N4O3. The van der Waals surface area contributed by atoms with E-state index in [4.69, 9.17) is 4.74 Å². The van der Waals surface area contributed by atoms with Gasteiger partial charge in [0.15, 0.2) is 0 Å². The Hall–Kier alpha value is -2.67. The molecule has 0 saturated carbocycles. The number of para-hydroxylation sites is 1. The maximum atomic E-state index is 12.5. The Morgan fingerprint density at radius 3 is 2.71 bits per heavy atom. The summed E-state index contributed by atoms with van der Waals surface area (Å²) in [6, 6.07) is 10.8. The first-order valence-electron chi connectivity index (χ1n) is 7.87. The Morgan fingerprint density at radius 2 is 2.00 bits per heavy atom. The smallest absolute Gasteiger partial charge is 0.274 e. The van der Waals surface area contributed by atoms with Crippen LogP contribution in [0.15, 0.2) is 41.2 Å². The number of anilines is 1. The van der Waals surface area contributed by atoms with Gasteiger partial charge < -0.3 is 14.5 Å². The van der Waals surface area contributed by atoms with Crippen molar-refractivity contribution < 1.29 is 9.53 Å². The number of hydrogen-bond acceptors (Lipinski definition) is 5. The third-order valence-electron chi connectivity index (χ3n) is 4.00. The van der Waals surface area contributed by atoms with E-state index in [0.717, 1.165) is 24.3 Å². The van der Waals surface area contributed by atoms with E-state index in [1.165, 1.54) is 12.1 Å². The largest absolute Gasteiger partial charge is 0.378 e. The molecule has 1 fully saturated rings. The topological polar surface area (TPSA) is 78.5 Å². The Balaban J connectivity index is 1.76. The summed E-state index contributed by atoms with van der Waals surface area (Å²) in [5, 5.41) is 6.08. The summed E-state index contributed by atoms with van der Waals surface area (Å²) in [5.74, 6) is -0.233. The molecule has 2 aromatic rings. The third-order valence-corrected chi connectivity index (χ3v) is 4.00. The van der Waals surface area contributed by atoms with Crippen LogP contribution in [-0.4, -0.2) is 54.4 Å². The molecule has 1 aromatic carbocycles. The van der Waals surface area contributed by atoms with Gasteiger partial charge >= 0.3 is 0 Å². The summed E-state index contributed by atoms with van der Waals surface area (Å²) >= 11 is 0. The standard InChI is InChI=1S/C17H20N4O3/c1-20(17(23)14-6-7-16(22)19-18-14)12-13-4-2-3-5-15(13)21-8-10-24-11-9-21/h2-7H,8-12H2,1H3,(H,19,22). The summed E-state index contributed by atoms with van der Waals surface area (Å²) in [7, 11) is 1.73. The van der Waals surface area contributed by atoms with Crippen LogP contribution in [0.2, 0.25) is 0 Å². The first-order chi connectivity index (χ1) is 11.6. The highest BCUT2D eigenvalue weighted by Gasteiger charge is 2.18. The number of aromatic amines is 1. The summed E-state index contributed by atoms with van der Waals surface area (Å²) in [5.41, 5.74) is 2.09. The maximum Gasteiger partial charge on any atom is 0.274 e. The van der Waals surface area contributed by atoms with Crippen molar-refractivity contribution in [2.24, 2.45) is 0 Å². The molecule has 0 spiro atoms. The highest BCUT2D eigenvalue weighted by atomic mass is 16.5. The normalized spacial score (nSPS) is 14.5. The Labute approximate surface area is 139 Å². The van der Waals surface area contributed by atoms with Crippen LogP contribution in [0.25, 0.3) is 0 Å². The molecule has 1 amide bonds. The number of benzene rings is 1. The molecule has 126 valence electrons. The number of carbonyl (C=O) groups is 1. The van der Waals surface area contributed by atoms with Crippen LogP contribution in [0.3, 0.4) is 0 Å². The van der Waals surface area contributed by atoms with Crippen LogP contribution in [-0.2, 0) is 11.3 Å². The van der Waals surface area contributed by atoms with E-state index in [-0.39, 0.29) is 17.2 Å². The van der Waals surface area contributed by atoms with Crippen molar-refractivity contribution in [1.82, 2.24) is 15.1 Å². The molecule has 7 heteroatoms. The summed E-state index contributed by atoms with van der Waals surface area (Å²) in [6.07, 6.45) is 0. The molecule has 0 atom stereocenters. The molecule has 0 radical (unpaired) electrons. The first kappa shape index (κ1) is 16.2. The van der Waals surface area contributed by atoms with E-state index in [9.17, 15) is 9.59 Å². The molecule has 1 aliphatic rings. The maximum absolute atomic E-state index is 12.5. The van der Waals surface area contributed by atoms with Crippen LogP contribution < -0.4 is 10.5 Å². The minimum atomic E-state index is -0.327. The predicted molar refractivity (Wildman–Crippen MR) is 90.1 cm³/mol. The Morgan fingerprint density at radius 1 is 1.25 bits per heavy atom. The van der Waals surface area contributed by atoms with Gasteiger partial charge in [-0.25, -0.2) is 5.10 Å². The predicted octanol–water partition coefficient (Wildman–Crippen LogP) is 0.879. The van der Waals surface area contributed by atoms with E-state index in [0.29, 0.717) is 19.8 Å².